The van der Waals surface area contributed by atoms with Crippen molar-refractivity contribution in [1.29, 1.82) is 0 Å². The molecular formula is C17H22N6O. The molecule has 0 aliphatic carbocycles. The lowest BCUT2D eigenvalue weighted by atomic mass is 10.3. The van der Waals surface area contributed by atoms with Gasteiger partial charge in [0.05, 0.1) is 13.2 Å². The van der Waals surface area contributed by atoms with E-state index in [4.69, 9.17) is 4.74 Å². The molecule has 2 aromatic rings. The second kappa shape index (κ2) is 7.00. The Morgan fingerprint density at radius 1 is 0.667 bits per heavy atom. The standard InChI is InChI=1S/C17H22N6O/c1-2-6-18-15(3-1)21-7-9-22(10-8-21)16-4-5-17(20-19-16)23-11-13-24-14-12-23/h1-6H,7-14H2. The fourth-order valence-electron chi connectivity index (χ4n) is 3.15. The number of ether oxygens (including phenoxy) is 1. The SMILES string of the molecule is c1ccc(N2CCN(c3ccc(N4CCOCC4)nn3)CC2)nc1. The first-order chi connectivity index (χ1) is 11.9. The lowest BCUT2D eigenvalue weighted by molar-refractivity contribution is 0.122. The molecule has 2 saturated heterocycles. The van der Waals surface area contributed by atoms with E-state index in [1.807, 2.05) is 18.3 Å². The Bertz CT molecular complexity index is 636. The van der Waals surface area contributed by atoms with Gasteiger partial charge in [-0.05, 0) is 24.3 Å². The first-order valence-electron chi connectivity index (χ1n) is 8.47. The van der Waals surface area contributed by atoms with E-state index >= 15 is 0 Å². The fourth-order valence-corrected chi connectivity index (χ4v) is 3.15. The summed E-state index contributed by atoms with van der Waals surface area (Å²) < 4.78 is 5.38. The summed E-state index contributed by atoms with van der Waals surface area (Å²) in [5.41, 5.74) is 0. The maximum Gasteiger partial charge on any atom is 0.151 e. The Hall–Kier alpha value is -2.41. The highest BCUT2D eigenvalue weighted by atomic mass is 16.5. The van der Waals surface area contributed by atoms with Crippen molar-refractivity contribution < 1.29 is 4.74 Å². The van der Waals surface area contributed by atoms with Crippen LogP contribution < -0.4 is 14.7 Å². The lowest BCUT2D eigenvalue weighted by Gasteiger charge is -2.36. The first kappa shape index (κ1) is 15.1. The molecule has 126 valence electrons. The second-order valence-electron chi connectivity index (χ2n) is 6.01. The molecule has 0 unspecified atom stereocenters. The molecule has 24 heavy (non-hydrogen) atoms. The van der Waals surface area contributed by atoms with Gasteiger partial charge in [-0.25, -0.2) is 4.98 Å². The van der Waals surface area contributed by atoms with Crippen molar-refractivity contribution >= 4 is 17.5 Å². The van der Waals surface area contributed by atoms with E-state index in [0.29, 0.717) is 0 Å². The molecule has 0 amide bonds. The van der Waals surface area contributed by atoms with E-state index < -0.39 is 0 Å². The van der Waals surface area contributed by atoms with Crippen molar-refractivity contribution in [1.82, 2.24) is 15.2 Å². The van der Waals surface area contributed by atoms with Crippen LogP contribution in [0.2, 0.25) is 0 Å². The van der Waals surface area contributed by atoms with Crippen LogP contribution in [0.3, 0.4) is 0 Å². The molecule has 0 bridgehead atoms. The van der Waals surface area contributed by atoms with Crippen LogP contribution in [0.25, 0.3) is 0 Å². The molecule has 0 spiro atoms. The van der Waals surface area contributed by atoms with E-state index in [9.17, 15) is 0 Å². The van der Waals surface area contributed by atoms with Gasteiger partial charge in [0.15, 0.2) is 11.6 Å². The zero-order chi connectivity index (χ0) is 16.2. The van der Waals surface area contributed by atoms with Gasteiger partial charge in [0.25, 0.3) is 0 Å². The quantitative estimate of drug-likeness (QED) is 0.835. The largest absolute Gasteiger partial charge is 0.378 e. The summed E-state index contributed by atoms with van der Waals surface area (Å²) in [4.78, 5) is 11.2. The predicted octanol–water partition coefficient (Wildman–Crippen LogP) is 1.03. The number of pyridine rings is 1. The van der Waals surface area contributed by atoms with Crippen LogP contribution in [-0.2, 0) is 4.74 Å². The minimum Gasteiger partial charge on any atom is -0.378 e. The summed E-state index contributed by atoms with van der Waals surface area (Å²) >= 11 is 0. The molecule has 0 N–H and O–H groups in total. The third kappa shape index (κ3) is 3.26. The number of hydrogen-bond acceptors (Lipinski definition) is 7. The lowest BCUT2D eigenvalue weighted by Crippen LogP contribution is -2.47. The molecule has 2 aromatic heterocycles. The second-order valence-corrected chi connectivity index (χ2v) is 6.01. The van der Waals surface area contributed by atoms with Crippen molar-refractivity contribution in [2.75, 3.05) is 67.2 Å². The number of aromatic nitrogens is 3. The smallest absolute Gasteiger partial charge is 0.151 e. The van der Waals surface area contributed by atoms with E-state index in [2.05, 4.69) is 48.1 Å². The summed E-state index contributed by atoms with van der Waals surface area (Å²) in [5, 5.41) is 8.84. The minimum absolute atomic E-state index is 0.763. The zero-order valence-electron chi connectivity index (χ0n) is 13.7. The fraction of sp³-hybridized carbons (Fsp3) is 0.471. The van der Waals surface area contributed by atoms with Gasteiger partial charge in [-0.2, -0.15) is 0 Å². The van der Waals surface area contributed by atoms with Crippen LogP contribution >= 0.6 is 0 Å². The molecule has 4 rings (SSSR count). The molecule has 0 radical (unpaired) electrons. The highest BCUT2D eigenvalue weighted by molar-refractivity contribution is 5.47. The van der Waals surface area contributed by atoms with Gasteiger partial charge in [0.2, 0.25) is 0 Å². The number of nitrogens with zero attached hydrogens (tertiary/aromatic N) is 6. The van der Waals surface area contributed by atoms with Crippen molar-refractivity contribution in [3.05, 3.63) is 36.5 Å². The number of rotatable bonds is 3. The van der Waals surface area contributed by atoms with Gasteiger partial charge < -0.3 is 19.4 Å². The average Bonchev–Trinajstić information content (AvgIpc) is 2.70. The Morgan fingerprint density at radius 3 is 1.79 bits per heavy atom. The Labute approximate surface area is 141 Å². The highest BCUT2D eigenvalue weighted by Gasteiger charge is 2.20. The molecule has 0 aromatic carbocycles. The molecule has 0 atom stereocenters. The van der Waals surface area contributed by atoms with Gasteiger partial charge in [0.1, 0.15) is 5.82 Å². The summed E-state index contributed by atoms with van der Waals surface area (Å²) in [6, 6.07) is 10.2. The van der Waals surface area contributed by atoms with Gasteiger partial charge in [-0.1, -0.05) is 6.07 Å². The van der Waals surface area contributed by atoms with E-state index in [1.165, 1.54) is 0 Å². The molecule has 0 saturated carbocycles. The van der Waals surface area contributed by atoms with E-state index in [1.54, 1.807) is 0 Å². The Balaban J connectivity index is 1.37. The van der Waals surface area contributed by atoms with Gasteiger partial charge in [-0.15, -0.1) is 10.2 Å². The Morgan fingerprint density at radius 2 is 1.25 bits per heavy atom. The zero-order valence-corrected chi connectivity index (χ0v) is 13.7. The van der Waals surface area contributed by atoms with Crippen molar-refractivity contribution in [2.24, 2.45) is 0 Å². The molecule has 2 fully saturated rings. The van der Waals surface area contributed by atoms with Crippen LogP contribution in [0.15, 0.2) is 36.5 Å². The average molecular weight is 326 g/mol. The van der Waals surface area contributed by atoms with Crippen LogP contribution in [-0.4, -0.2) is 67.7 Å². The normalized spacial score (nSPS) is 18.8. The molecule has 2 aliphatic rings. The molecular weight excluding hydrogens is 304 g/mol. The van der Waals surface area contributed by atoms with Crippen LogP contribution in [0.1, 0.15) is 0 Å². The Kier molecular flexibility index (Phi) is 4.42. The van der Waals surface area contributed by atoms with Crippen molar-refractivity contribution in [2.45, 2.75) is 0 Å². The van der Waals surface area contributed by atoms with E-state index in [-0.39, 0.29) is 0 Å². The summed E-state index contributed by atoms with van der Waals surface area (Å²) in [6.45, 7) is 7.06. The van der Waals surface area contributed by atoms with Crippen LogP contribution in [0.4, 0.5) is 17.5 Å². The summed E-state index contributed by atoms with van der Waals surface area (Å²) in [5.74, 6) is 2.94. The van der Waals surface area contributed by atoms with Gasteiger partial charge >= 0.3 is 0 Å². The summed E-state index contributed by atoms with van der Waals surface area (Å²) in [7, 11) is 0. The van der Waals surface area contributed by atoms with Crippen LogP contribution in [0.5, 0.6) is 0 Å². The van der Waals surface area contributed by atoms with Crippen molar-refractivity contribution in [3.8, 4) is 0 Å². The van der Waals surface area contributed by atoms with Crippen LogP contribution in [0, 0.1) is 0 Å². The topological polar surface area (TPSA) is 57.6 Å². The highest BCUT2D eigenvalue weighted by Crippen LogP contribution is 2.19. The third-order valence-electron chi connectivity index (χ3n) is 4.55. The van der Waals surface area contributed by atoms with E-state index in [0.717, 1.165) is 69.9 Å². The molecule has 7 heteroatoms. The number of anilines is 3. The number of hydrogen-bond donors (Lipinski definition) is 0. The van der Waals surface area contributed by atoms with Crippen molar-refractivity contribution in [3.63, 3.8) is 0 Å². The minimum atomic E-state index is 0.763. The molecule has 4 heterocycles. The maximum absolute atomic E-state index is 5.38. The molecule has 2 aliphatic heterocycles. The maximum atomic E-state index is 5.38. The predicted molar refractivity (Wildman–Crippen MR) is 93.7 cm³/mol. The monoisotopic (exact) mass is 326 g/mol. The van der Waals surface area contributed by atoms with Gasteiger partial charge in [0, 0.05) is 45.5 Å². The number of piperazine rings is 1. The first-order valence-corrected chi connectivity index (χ1v) is 8.47. The number of morpholine rings is 1. The summed E-state index contributed by atoms with van der Waals surface area (Å²) in [6.07, 6.45) is 1.84. The molecule has 7 nitrogen and oxygen atoms in total. The van der Waals surface area contributed by atoms with Gasteiger partial charge in [-0.3, -0.25) is 0 Å². The third-order valence-corrected chi connectivity index (χ3v) is 4.55.